The Morgan fingerprint density at radius 2 is 2.07 bits per heavy atom. The lowest BCUT2D eigenvalue weighted by Crippen LogP contribution is -2.22. The number of aromatic nitrogens is 2. The molecule has 5 heteroatoms. The van der Waals surface area contributed by atoms with Gasteiger partial charge in [0.15, 0.2) is 5.82 Å². The quantitative estimate of drug-likeness (QED) is 0.810. The van der Waals surface area contributed by atoms with E-state index in [1.54, 1.807) is 0 Å². The number of hydrogen-bond acceptors (Lipinski definition) is 4. The molecule has 1 aromatic rings. The number of hydrogen-bond donors (Lipinski definition) is 2. The number of halogens is 1. The summed E-state index contributed by atoms with van der Waals surface area (Å²) in [6, 6.07) is 0.293. The average molecular weight is 215 g/mol. The van der Waals surface area contributed by atoms with Gasteiger partial charge in [0.25, 0.3) is 0 Å². The Labute approximate surface area is 88.9 Å². The van der Waals surface area contributed by atoms with E-state index in [1.807, 2.05) is 0 Å². The fourth-order valence-electron chi connectivity index (χ4n) is 0.864. The lowest BCUT2D eigenvalue weighted by atomic mass is 10.1. The van der Waals surface area contributed by atoms with E-state index in [2.05, 4.69) is 36.1 Å². The first-order valence-corrected chi connectivity index (χ1v) is 4.93. The molecular weight excluding hydrogens is 200 g/mol. The van der Waals surface area contributed by atoms with Gasteiger partial charge < -0.3 is 11.1 Å². The van der Waals surface area contributed by atoms with E-state index < -0.39 is 0 Å². The second kappa shape index (κ2) is 4.46. The SMILES string of the molecule is CC(C)C(C)Nc1nc(N)ncc1Cl. The summed E-state index contributed by atoms with van der Waals surface area (Å²) in [5.74, 6) is 1.33. The number of nitrogens with one attached hydrogen (secondary N) is 1. The van der Waals surface area contributed by atoms with Crippen molar-refractivity contribution in [2.24, 2.45) is 5.92 Å². The summed E-state index contributed by atoms with van der Waals surface area (Å²) in [6.45, 7) is 6.31. The van der Waals surface area contributed by atoms with Crippen molar-refractivity contribution in [1.29, 1.82) is 0 Å². The highest BCUT2D eigenvalue weighted by Crippen LogP contribution is 2.20. The second-order valence-corrected chi connectivity index (χ2v) is 4.01. The van der Waals surface area contributed by atoms with Crippen molar-refractivity contribution >= 4 is 23.4 Å². The maximum absolute atomic E-state index is 5.90. The highest BCUT2D eigenvalue weighted by Gasteiger charge is 2.10. The van der Waals surface area contributed by atoms with Crippen LogP contribution in [-0.2, 0) is 0 Å². The predicted octanol–water partition coefficient (Wildman–Crippen LogP) is 2.17. The fourth-order valence-corrected chi connectivity index (χ4v) is 1.01. The van der Waals surface area contributed by atoms with Crippen molar-refractivity contribution < 1.29 is 0 Å². The molecule has 0 aliphatic carbocycles. The van der Waals surface area contributed by atoms with Gasteiger partial charge in [-0.25, -0.2) is 4.98 Å². The summed E-state index contributed by atoms with van der Waals surface area (Å²) in [5.41, 5.74) is 5.46. The Morgan fingerprint density at radius 3 is 2.64 bits per heavy atom. The molecule has 0 aromatic carbocycles. The van der Waals surface area contributed by atoms with Crippen molar-refractivity contribution in [2.75, 3.05) is 11.1 Å². The lowest BCUT2D eigenvalue weighted by molar-refractivity contribution is 0.558. The van der Waals surface area contributed by atoms with Gasteiger partial charge in [-0.15, -0.1) is 0 Å². The standard InChI is InChI=1S/C9H15ClN4/c1-5(2)6(3)13-8-7(10)4-12-9(11)14-8/h4-6H,1-3H3,(H3,11,12,13,14). The smallest absolute Gasteiger partial charge is 0.222 e. The first-order chi connectivity index (χ1) is 6.50. The van der Waals surface area contributed by atoms with Crippen molar-refractivity contribution in [3.05, 3.63) is 11.2 Å². The summed E-state index contributed by atoms with van der Waals surface area (Å²) < 4.78 is 0. The Kier molecular flexibility index (Phi) is 3.52. The second-order valence-electron chi connectivity index (χ2n) is 3.60. The van der Waals surface area contributed by atoms with Gasteiger partial charge in [0.1, 0.15) is 5.02 Å². The van der Waals surface area contributed by atoms with Gasteiger partial charge in [0.05, 0.1) is 6.20 Å². The monoisotopic (exact) mass is 214 g/mol. The van der Waals surface area contributed by atoms with Crippen molar-refractivity contribution in [2.45, 2.75) is 26.8 Å². The first kappa shape index (κ1) is 11.0. The molecule has 0 saturated heterocycles. The largest absolute Gasteiger partial charge is 0.368 e. The van der Waals surface area contributed by atoms with Gasteiger partial charge in [0, 0.05) is 6.04 Å². The van der Waals surface area contributed by atoms with Crippen LogP contribution in [0.3, 0.4) is 0 Å². The van der Waals surface area contributed by atoms with Gasteiger partial charge in [-0.05, 0) is 12.8 Å². The maximum atomic E-state index is 5.90. The number of nitrogen functional groups attached to an aromatic ring is 1. The molecule has 78 valence electrons. The third kappa shape index (κ3) is 2.73. The summed E-state index contributed by atoms with van der Waals surface area (Å²) >= 11 is 5.90. The van der Waals surface area contributed by atoms with Crippen molar-refractivity contribution in [1.82, 2.24) is 9.97 Å². The summed E-state index contributed by atoms with van der Waals surface area (Å²) in [6.07, 6.45) is 1.50. The molecule has 0 aliphatic rings. The van der Waals surface area contributed by atoms with Crippen LogP contribution in [0.25, 0.3) is 0 Å². The van der Waals surface area contributed by atoms with Crippen molar-refractivity contribution in [3.63, 3.8) is 0 Å². The van der Waals surface area contributed by atoms with Crippen LogP contribution in [0.5, 0.6) is 0 Å². The molecule has 3 N–H and O–H groups in total. The first-order valence-electron chi connectivity index (χ1n) is 4.55. The van der Waals surface area contributed by atoms with Crippen LogP contribution in [-0.4, -0.2) is 16.0 Å². The van der Waals surface area contributed by atoms with Gasteiger partial charge in [-0.2, -0.15) is 4.98 Å². The molecule has 0 aliphatic heterocycles. The zero-order chi connectivity index (χ0) is 10.7. The highest BCUT2D eigenvalue weighted by atomic mass is 35.5. The minimum Gasteiger partial charge on any atom is -0.368 e. The van der Waals surface area contributed by atoms with Crippen LogP contribution >= 0.6 is 11.6 Å². The topological polar surface area (TPSA) is 63.8 Å². The molecule has 1 unspecified atom stereocenters. The van der Waals surface area contributed by atoms with E-state index in [9.17, 15) is 0 Å². The zero-order valence-corrected chi connectivity index (χ0v) is 9.34. The number of rotatable bonds is 3. The van der Waals surface area contributed by atoms with Crippen LogP contribution in [0.2, 0.25) is 5.02 Å². The van der Waals surface area contributed by atoms with Crippen LogP contribution < -0.4 is 11.1 Å². The Morgan fingerprint density at radius 1 is 1.43 bits per heavy atom. The lowest BCUT2D eigenvalue weighted by Gasteiger charge is -2.18. The summed E-state index contributed by atoms with van der Waals surface area (Å²) in [5, 5.41) is 3.68. The number of nitrogens with zero attached hydrogens (tertiary/aromatic N) is 2. The third-order valence-corrected chi connectivity index (χ3v) is 2.40. The number of nitrogens with two attached hydrogens (primary N) is 1. The average Bonchev–Trinajstić information content (AvgIpc) is 2.11. The maximum Gasteiger partial charge on any atom is 0.222 e. The van der Waals surface area contributed by atoms with Crippen LogP contribution in [0, 0.1) is 5.92 Å². The molecular formula is C9H15ClN4. The molecule has 0 spiro atoms. The van der Waals surface area contributed by atoms with Gasteiger partial charge in [-0.3, -0.25) is 0 Å². The van der Waals surface area contributed by atoms with E-state index in [4.69, 9.17) is 17.3 Å². The molecule has 14 heavy (non-hydrogen) atoms. The Hall–Kier alpha value is -1.03. The predicted molar refractivity (Wildman–Crippen MR) is 59.4 cm³/mol. The van der Waals surface area contributed by atoms with E-state index in [1.165, 1.54) is 6.20 Å². The highest BCUT2D eigenvalue weighted by molar-refractivity contribution is 6.32. The Balaban J connectivity index is 2.80. The van der Waals surface area contributed by atoms with Gasteiger partial charge in [-0.1, -0.05) is 25.4 Å². The molecule has 0 saturated carbocycles. The van der Waals surface area contributed by atoms with Gasteiger partial charge >= 0.3 is 0 Å². The third-order valence-electron chi connectivity index (χ3n) is 2.13. The van der Waals surface area contributed by atoms with E-state index in [0.717, 1.165) is 0 Å². The van der Waals surface area contributed by atoms with Crippen LogP contribution in [0.15, 0.2) is 6.20 Å². The molecule has 1 heterocycles. The van der Waals surface area contributed by atoms with Gasteiger partial charge in [0.2, 0.25) is 5.95 Å². The van der Waals surface area contributed by atoms with E-state index in [-0.39, 0.29) is 5.95 Å². The molecule has 1 atom stereocenters. The summed E-state index contributed by atoms with van der Waals surface area (Å²) in [4.78, 5) is 7.80. The van der Waals surface area contributed by atoms with E-state index in [0.29, 0.717) is 22.8 Å². The normalized spacial score (nSPS) is 12.9. The zero-order valence-electron chi connectivity index (χ0n) is 8.58. The summed E-state index contributed by atoms with van der Waals surface area (Å²) in [7, 11) is 0. The number of anilines is 2. The molecule has 4 nitrogen and oxygen atoms in total. The minimum atomic E-state index is 0.229. The molecule has 0 fully saturated rings. The van der Waals surface area contributed by atoms with Crippen LogP contribution in [0.1, 0.15) is 20.8 Å². The van der Waals surface area contributed by atoms with Crippen molar-refractivity contribution in [3.8, 4) is 0 Å². The molecule has 0 bridgehead atoms. The molecule has 0 amide bonds. The Bertz CT molecular complexity index is 314. The molecule has 0 radical (unpaired) electrons. The minimum absolute atomic E-state index is 0.229. The van der Waals surface area contributed by atoms with Crippen LogP contribution in [0.4, 0.5) is 11.8 Å². The molecule has 1 aromatic heterocycles. The van der Waals surface area contributed by atoms with E-state index >= 15 is 0 Å². The fraction of sp³-hybridized carbons (Fsp3) is 0.556. The molecule has 1 rings (SSSR count).